The maximum atomic E-state index is 6.35. The molecular weight excluding hydrogens is 308 g/mol. The second-order valence-corrected chi connectivity index (χ2v) is 9.12. The fourth-order valence-electron chi connectivity index (χ4n) is 3.57. The zero-order valence-electron chi connectivity index (χ0n) is 14.2. The monoisotopic (exact) mass is 334 g/mol. The van der Waals surface area contributed by atoms with Crippen molar-refractivity contribution in [2.75, 3.05) is 12.0 Å². The van der Waals surface area contributed by atoms with E-state index in [0.717, 1.165) is 29.3 Å². The number of hydrogen-bond acceptors (Lipinski definition) is 4. The molecule has 1 atom stereocenters. The number of hydrogen-bond donors (Lipinski definition) is 1. The summed E-state index contributed by atoms with van der Waals surface area (Å²) in [6.07, 6.45) is 6.94. The average Bonchev–Trinajstić information content (AvgIpc) is 2.79. The van der Waals surface area contributed by atoms with Gasteiger partial charge in [-0.25, -0.2) is 4.98 Å². The molecule has 0 spiro atoms. The molecule has 4 heteroatoms. The lowest BCUT2D eigenvalue weighted by molar-refractivity contribution is 0.181. The van der Waals surface area contributed by atoms with E-state index >= 15 is 0 Å². The van der Waals surface area contributed by atoms with Crippen LogP contribution in [0.4, 0.5) is 5.69 Å². The molecule has 0 fully saturated rings. The van der Waals surface area contributed by atoms with E-state index in [-0.39, 0.29) is 0 Å². The molecule has 2 nitrogen and oxygen atoms in total. The predicted octanol–water partition coefficient (Wildman–Crippen LogP) is 5.45. The van der Waals surface area contributed by atoms with E-state index in [9.17, 15) is 0 Å². The van der Waals surface area contributed by atoms with Crippen molar-refractivity contribution in [3.05, 3.63) is 16.1 Å². The number of nitrogens with zero attached hydrogens (tertiary/aromatic N) is 1. The van der Waals surface area contributed by atoms with Crippen LogP contribution >= 0.6 is 23.1 Å². The van der Waals surface area contributed by atoms with Crippen LogP contribution in [0.1, 0.15) is 49.7 Å². The van der Waals surface area contributed by atoms with Crippen LogP contribution in [0.2, 0.25) is 0 Å². The Morgan fingerprint density at radius 1 is 1.41 bits per heavy atom. The summed E-state index contributed by atoms with van der Waals surface area (Å²) >= 11 is 3.59. The van der Waals surface area contributed by atoms with Gasteiger partial charge >= 0.3 is 0 Å². The molecule has 0 saturated heterocycles. The summed E-state index contributed by atoms with van der Waals surface area (Å²) in [4.78, 5) is 8.69. The Bertz CT molecular complexity index is 716. The minimum absolute atomic E-state index is 0.401. The van der Waals surface area contributed by atoms with Gasteiger partial charge in [-0.05, 0) is 49.3 Å². The molecule has 0 aliphatic heterocycles. The first kappa shape index (κ1) is 16.1. The molecule has 0 amide bonds. The number of thiophene rings is 1. The van der Waals surface area contributed by atoms with E-state index in [1.807, 2.05) is 11.8 Å². The van der Waals surface area contributed by atoms with E-state index in [1.165, 1.54) is 39.3 Å². The summed E-state index contributed by atoms with van der Waals surface area (Å²) in [5, 5.41) is 1.21. The number of pyridine rings is 1. The van der Waals surface area contributed by atoms with Crippen LogP contribution in [0.3, 0.4) is 0 Å². The van der Waals surface area contributed by atoms with Crippen LogP contribution in [0.5, 0.6) is 0 Å². The lowest BCUT2D eigenvalue weighted by Crippen LogP contribution is -2.29. The van der Waals surface area contributed by atoms with Crippen molar-refractivity contribution >= 4 is 39.0 Å². The highest BCUT2D eigenvalue weighted by Crippen LogP contribution is 2.46. The lowest BCUT2D eigenvalue weighted by Gasteiger charge is -2.37. The van der Waals surface area contributed by atoms with E-state index in [1.54, 1.807) is 11.3 Å². The smallest absolute Gasteiger partial charge is 0.127 e. The van der Waals surface area contributed by atoms with Crippen molar-refractivity contribution in [1.82, 2.24) is 4.98 Å². The molecule has 2 aromatic rings. The van der Waals surface area contributed by atoms with E-state index < -0.39 is 0 Å². The molecule has 0 radical (unpaired) electrons. The van der Waals surface area contributed by atoms with Gasteiger partial charge in [-0.2, -0.15) is 0 Å². The standard InChI is InChI=1S/C18H26N2S2/c1-6-18(3,4)11-7-8-13-12(9-11)16(21-5)14-15(19)10(2)22-17(14)20-13/h11H,6-9,19H2,1-5H3. The number of rotatable bonds is 3. The highest BCUT2D eigenvalue weighted by atomic mass is 32.2. The van der Waals surface area contributed by atoms with Crippen LogP contribution in [-0.4, -0.2) is 11.2 Å². The van der Waals surface area contributed by atoms with Crippen LogP contribution in [0, 0.1) is 18.3 Å². The molecule has 22 heavy (non-hydrogen) atoms. The van der Waals surface area contributed by atoms with E-state index in [0.29, 0.717) is 5.41 Å². The molecule has 2 N–H and O–H groups in total. The number of aromatic nitrogens is 1. The van der Waals surface area contributed by atoms with Crippen LogP contribution < -0.4 is 5.73 Å². The predicted molar refractivity (Wildman–Crippen MR) is 100 cm³/mol. The third-order valence-electron chi connectivity index (χ3n) is 5.60. The van der Waals surface area contributed by atoms with Gasteiger partial charge in [-0.1, -0.05) is 27.2 Å². The highest BCUT2D eigenvalue weighted by molar-refractivity contribution is 7.99. The van der Waals surface area contributed by atoms with Gasteiger partial charge in [-0.15, -0.1) is 23.1 Å². The lowest BCUT2D eigenvalue weighted by atomic mass is 9.69. The number of aryl methyl sites for hydroxylation is 2. The first-order valence-electron chi connectivity index (χ1n) is 8.13. The summed E-state index contributed by atoms with van der Waals surface area (Å²) in [6.45, 7) is 9.24. The first-order valence-corrected chi connectivity index (χ1v) is 10.2. The third-order valence-corrected chi connectivity index (χ3v) is 7.47. The molecule has 0 bridgehead atoms. The normalized spacial score (nSPS) is 18.7. The quantitative estimate of drug-likeness (QED) is 0.759. The minimum Gasteiger partial charge on any atom is -0.397 e. The van der Waals surface area contributed by atoms with Crippen molar-refractivity contribution in [1.29, 1.82) is 0 Å². The molecule has 0 aromatic carbocycles. The molecule has 1 aliphatic carbocycles. The summed E-state index contributed by atoms with van der Waals surface area (Å²) < 4.78 is 0. The van der Waals surface area contributed by atoms with E-state index in [2.05, 4.69) is 34.0 Å². The summed E-state index contributed by atoms with van der Waals surface area (Å²) in [7, 11) is 0. The van der Waals surface area contributed by atoms with Crippen LogP contribution in [-0.2, 0) is 12.8 Å². The topological polar surface area (TPSA) is 38.9 Å². The Kier molecular flexibility index (Phi) is 4.19. The van der Waals surface area contributed by atoms with Gasteiger partial charge in [0.2, 0.25) is 0 Å². The molecule has 1 aliphatic rings. The Labute approximate surface area is 141 Å². The van der Waals surface area contributed by atoms with Crippen molar-refractivity contribution in [3.8, 4) is 0 Å². The average molecular weight is 335 g/mol. The van der Waals surface area contributed by atoms with Crippen LogP contribution in [0.25, 0.3) is 10.2 Å². The largest absolute Gasteiger partial charge is 0.397 e. The number of nitrogen functional groups attached to an aromatic ring is 1. The van der Waals surface area contributed by atoms with Gasteiger partial charge in [0.05, 0.1) is 5.69 Å². The summed E-state index contributed by atoms with van der Waals surface area (Å²) in [5.74, 6) is 0.746. The van der Waals surface area contributed by atoms with Crippen molar-refractivity contribution in [2.45, 2.75) is 58.3 Å². The van der Waals surface area contributed by atoms with Crippen molar-refractivity contribution in [2.24, 2.45) is 11.3 Å². The van der Waals surface area contributed by atoms with Gasteiger partial charge in [0.15, 0.2) is 0 Å². The molecule has 0 saturated carbocycles. The fraction of sp³-hybridized carbons (Fsp3) is 0.611. The number of anilines is 1. The zero-order valence-corrected chi connectivity index (χ0v) is 15.9. The molecule has 2 heterocycles. The minimum atomic E-state index is 0.401. The molecule has 1 unspecified atom stereocenters. The fourth-order valence-corrected chi connectivity index (χ4v) is 5.46. The third kappa shape index (κ3) is 2.44. The van der Waals surface area contributed by atoms with Gasteiger partial charge < -0.3 is 5.73 Å². The molecular formula is C18H26N2S2. The van der Waals surface area contributed by atoms with Gasteiger partial charge in [-0.3, -0.25) is 0 Å². The number of nitrogens with two attached hydrogens (primary N) is 1. The maximum Gasteiger partial charge on any atom is 0.127 e. The second-order valence-electron chi connectivity index (χ2n) is 7.10. The van der Waals surface area contributed by atoms with Gasteiger partial charge in [0, 0.05) is 20.9 Å². The van der Waals surface area contributed by atoms with Crippen molar-refractivity contribution in [3.63, 3.8) is 0 Å². The van der Waals surface area contributed by atoms with Gasteiger partial charge in [0.1, 0.15) is 4.83 Å². The molecule has 2 aromatic heterocycles. The molecule has 120 valence electrons. The Morgan fingerprint density at radius 3 is 2.77 bits per heavy atom. The molecule has 3 rings (SSSR count). The SMILES string of the molecule is CCC(C)(C)C1CCc2nc3sc(C)c(N)c3c(SC)c2C1. The maximum absolute atomic E-state index is 6.35. The summed E-state index contributed by atoms with van der Waals surface area (Å²) in [5.41, 5.74) is 10.5. The van der Waals surface area contributed by atoms with Crippen molar-refractivity contribution < 1.29 is 0 Å². The van der Waals surface area contributed by atoms with E-state index in [4.69, 9.17) is 10.7 Å². The summed E-state index contributed by atoms with van der Waals surface area (Å²) in [6, 6.07) is 0. The zero-order chi connectivity index (χ0) is 16.1. The Balaban J connectivity index is 2.15. The van der Waals surface area contributed by atoms with Gasteiger partial charge in [0.25, 0.3) is 0 Å². The Morgan fingerprint density at radius 2 is 2.14 bits per heavy atom. The number of thioether (sulfide) groups is 1. The highest BCUT2D eigenvalue weighted by Gasteiger charge is 2.33. The second kappa shape index (κ2) is 5.72. The number of fused-ring (bicyclic) bond motifs is 2. The Hall–Kier alpha value is -0.740. The van der Waals surface area contributed by atoms with Crippen LogP contribution in [0.15, 0.2) is 4.90 Å². The first-order chi connectivity index (χ1) is 10.4.